The van der Waals surface area contributed by atoms with E-state index >= 15 is 0 Å². The Labute approximate surface area is 216 Å². The number of allylic oxidation sites excluding steroid dienone is 2. The van der Waals surface area contributed by atoms with Crippen molar-refractivity contribution in [1.29, 1.82) is 0 Å². The standard InChI is InChI=1S/C27H30Cl2N2O4/c1-5-31(16-19-10-7-6-8-11-19)14-15-35-27(33)23-18(3)30-17(2)22(26(32)34-4)24(23)20-12-9-13-21(28)25(20)29/h6-13,24,30H,5,14-16H2,1-4H3. The van der Waals surface area contributed by atoms with Crippen molar-refractivity contribution >= 4 is 35.1 Å². The second-order valence-electron chi connectivity index (χ2n) is 8.26. The summed E-state index contributed by atoms with van der Waals surface area (Å²) in [5.41, 5.74) is 3.46. The van der Waals surface area contributed by atoms with Crippen molar-refractivity contribution in [1.82, 2.24) is 10.2 Å². The largest absolute Gasteiger partial charge is 0.466 e. The molecule has 2 aromatic rings. The van der Waals surface area contributed by atoms with Gasteiger partial charge >= 0.3 is 11.9 Å². The molecule has 6 nitrogen and oxygen atoms in total. The number of esters is 2. The van der Waals surface area contributed by atoms with Gasteiger partial charge in [0.05, 0.1) is 34.2 Å². The summed E-state index contributed by atoms with van der Waals surface area (Å²) in [6.45, 7) is 7.92. The lowest BCUT2D eigenvalue weighted by atomic mass is 9.80. The van der Waals surface area contributed by atoms with Crippen LogP contribution in [0.5, 0.6) is 0 Å². The van der Waals surface area contributed by atoms with Crippen LogP contribution in [0.15, 0.2) is 71.1 Å². The molecule has 2 aromatic carbocycles. The highest BCUT2D eigenvalue weighted by atomic mass is 35.5. The summed E-state index contributed by atoms with van der Waals surface area (Å²) in [6, 6.07) is 15.3. The molecule has 3 rings (SSSR count). The predicted octanol–water partition coefficient (Wildman–Crippen LogP) is 5.47. The minimum atomic E-state index is -0.783. The van der Waals surface area contributed by atoms with Crippen molar-refractivity contribution in [2.24, 2.45) is 0 Å². The maximum absolute atomic E-state index is 13.4. The Hall–Kier alpha value is -2.80. The lowest BCUT2D eigenvalue weighted by Crippen LogP contribution is -2.33. The van der Waals surface area contributed by atoms with Crippen LogP contribution in [0.25, 0.3) is 0 Å². The van der Waals surface area contributed by atoms with Gasteiger partial charge in [-0.15, -0.1) is 0 Å². The Balaban J connectivity index is 1.84. The van der Waals surface area contributed by atoms with Gasteiger partial charge in [-0.05, 0) is 37.6 Å². The lowest BCUT2D eigenvalue weighted by Gasteiger charge is -2.31. The van der Waals surface area contributed by atoms with Gasteiger partial charge in [0.15, 0.2) is 0 Å². The molecule has 1 aliphatic rings. The number of benzene rings is 2. The summed E-state index contributed by atoms with van der Waals surface area (Å²) in [7, 11) is 1.30. The molecule has 0 saturated heterocycles. The van der Waals surface area contributed by atoms with E-state index in [2.05, 4.69) is 29.3 Å². The van der Waals surface area contributed by atoms with Gasteiger partial charge < -0.3 is 14.8 Å². The average Bonchev–Trinajstić information content (AvgIpc) is 2.84. The van der Waals surface area contributed by atoms with E-state index in [1.807, 2.05) is 18.2 Å². The molecule has 1 aliphatic heterocycles. The van der Waals surface area contributed by atoms with Crippen LogP contribution in [0.4, 0.5) is 0 Å². The molecule has 1 unspecified atom stereocenters. The van der Waals surface area contributed by atoms with Gasteiger partial charge in [-0.25, -0.2) is 9.59 Å². The number of nitrogens with one attached hydrogen (secondary N) is 1. The smallest absolute Gasteiger partial charge is 0.336 e. The number of carbonyl (C=O) groups excluding carboxylic acids is 2. The van der Waals surface area contributed by atoms with Crippen LogP contribution in [0.2, 0.25) is 10.0 Å². The third-order valence-electron chi connectivity index (χ3n) is 6.01. The fourth-order valence-electron chi connectivity index (χ4n) is 4.24. The van der Waals surface area contributed by atoms with Crippen LogP contribution in [-0.2, 0) is 25.6 Å². The third-order valence-corrected chi connectivity index (χ3v) is 6.85. The van der Waals surface area contributed by atoms with Gasteiger partial charge in [-0.2, -0.15) is 0 Å². The first kappa shape index (κ1) is 26.8. The highest BCUT2D eigenvalue weighted by molar-refractivity contribution is 6.42. The van der Waals surface area contributed by atoms with Gasteiger partial charge in [0.2, 0.25) is 0 Å². The number of methoxy groups -OCH3 is 1. The van der Waals surface area contributed by atoms with E-state index in [1.54, 1.807) is 32.0 Å². The average molecular weight is 517 g/mol. The first-order valence-electron chi connectivity index (χ1n) is 11.4. The quantitative estimate of drug-likeness (QED) is 0.446. The normalized spacial score (nSPS) is 15.8. The van der Waals surface area contributed by atoms with E-state index in [0.717, 1.165) is 13.1 Å². The number of carbonyl (C=O) groups is 2. The fourth-order valence-corrected chi connectivity index (χ4v) is 4.65. The van der Waals surface area contributed by atoms with Crippen molar-refractivity contribution in [3.05, 3.63) is 92.2 Å². The molecule has 0 bridgehead atoms. The monoisotopic (exact) mass is 516 g/mol. The molecular weight excluding hydrogens is 487 g/mol. The molecule has 8 heteroatoms. The van der Waals surface area contributed by atoms with Gasteiger partial charge in [-0.3, -0.25) is 4.90 Å². The summed E-state index contributed by atoms with van der Waals surface area (Å²) >= 11 is 12.8. The Kier molecular flexibility index (Phi) is 9.38. The molecule has 0 fully saturated rings. The van der Waals surface area contributed by atoms with Gasteiger partial charge in [0, 0.05) is 24.5 Å². The van der Waals surface area contributed by atoms with Crippen LogP contribution < -0.4 is 5.32 Å². The third kappa shape index (κ3) is 6.26. The number of hydrogen-bond acceptors (Lipinski definition) is 6. The number of rotatable bonds is 9. The molecule has 0 aromatic heterocycles. The van der Waals surface area contributed by atoms with Gasteiger partial charge in [-0.1, -0.05) is 72.6 Å². The van der Waals surface area contributed by atoms with E-state index in [-0.39, 0.29) is 17.2 Å². The highest BCUT2D eigenvalue weighted by Crippen LogP contribution is 2.43. The van der Waals surface area contributed by atoms with Crippen molar-refractivity contribution < 1.29 is 19.1 Å². The van der Waals surface area contributed by atoms with E-state index in [0.29, 0.717) is 34.1 Å². The number of ether oxygens (including phenoxy) is 2. The molecule has 1 heterocycles. The van der Waals surface area contributed by atoms with Crippen LogP contribution in [0, 0.1) is 0 Å². The highest BCUT2D eigenvalue weighted by Gasteiger charge is 2.39. The Bertz CT molecular complexity index is 1150. The van der Waals surface area contributed by atoms with Crippen molar-refractivity contribution in [3.8, 4) is 0 Å². The Morgan fingerprint density at radius 1 is 0.971 bits per heavy atom. The summed E-state index contributed by atoms with van der Waals surface area (Å²) in [4.78, 5) is 28.4. The molecule has 0 amide bonds. The molecule has 0 aliphatic carbocycles. The maximum atomic E-state index is 13.4. The van der Waals surface area contributed by atoms with Crippen LogP contribution in [0.1, 0.15) is 37.8 Å². The van der Waals surface area contributed by atoms with Crippen molar-refractivity contribution in [2.75, 3.05) is 26.8 Å². The van der Waals surface area contributed by atoms with E-state index in [1.165, 1.54) is 12.7 Å². The summed E-state index contributed by atoms with van der Waals surface area (Å²) < 4.78 is 10.7. The van der Waals surface area contributed by atoms with Crippen molar-refractivity contribution in [2.45, 2.75) is 33.2 Å². The zero-order chi connectivity index (χ0) is 25.5. The molecule has 0 radical (unpaired) electrons. The van der Waals surface area contributed by atoms with Gasteiger partial charge in [0.25, 0.3) is 0 Å². The second kappa shape index (κ2) is 12.2. The molecule has 186 valence electrons. The second-order valence-corrected chi connectivity index (χ2v) is 9.05. The number of dihydropyridines is 1. The molecule has 0 saturated carbocycles. The Morgan fingerprint density at radius 3 is 2.26 bits per heavy atom. The van der Waals surface area contributed by atoms with Crippen LogP contribution in [-0.4, -0.2) is 43.6 Å². The SMILES string of the molecule is CCN(CCOC(=O)C1=C(C)NC(C)=C(C(=O)OC)C1c1cccc(Cl)c1Cl)Cc1ccccc1. The predicted molar refractivity (Wildman–Crippen MR) is 138 cm³/mol. The number of halogens is 2. The first-order chi connectivity index (χ1) is 16.8. The summed E-state index contributed by atoms with van der Waals surface area (Å²) in [5.74, 6) is -1.87. The minimum Gasteiger partial charge on any atom is -0.466 e. The van der Waals surface area contributed by atoms with E-state index in [9.17, 15) is 9.59 Å². The summed E-state index contributed by atoms with van der Waals surface area (Å²) in [5, 5.41) is 3.72. The zero-order valence-corrected chi connectivity index (χ0v) is 21.9. The molecule has 1 N–H and O–H groups in total. The van der Waals surface area contributed by atoms with Crippen molar-refractivity contribution in [3.63, 3.8) is 0 Å². The first-order valence-corrected chi connectivity index (χ1v) is 12.2. The Morgan fingerprint density at radius 2 is 1.63 bits per heavy atom. The molecule has 0 spiro atoms. The fraction of sp³-hybridized carbons (Fsp3) is 0.333. The van der Waals surface area contributed by atoms with Crippen LogP contribution in [0.3, 0.4) is 0 Å². The lowest BCUT2D eigenvalue weighted by molar-refractivity contribution is -0.140. The zero-order valence-electron chi connectivity index (χ0n) is 20.4. The van der Waals surface area contributed by atoms with Crippen LogP contribution >= 0.6 is 23.2 Å². The molecular formula is C27H30Cl2N2O4. The number of likely N-dealkylation sites (N-methyl/N-ethyl adjacent to an activating group) is 1. The maximum Gasteiger partial charge on any atom is 0.336 e. The van der Waals surface area contributed by atoms with E-state index < -0.39 is 17.9 Å². The number of nitrogens with zero attached hydrogens (tertiary/aromatic N) is 1. The molecule has 1 atom stereocenters. The van der Waals surface area contributed by atoms with Gasteiger partial charge in [0.1, 0.15) is 6.61 Å². The summed E-state index contributed by atoms with van der Waals surface area (Å²) in [6.07, 6.45) is 0. The minimum absolute atomic E-state index is 0.197. The molecule has 35 heavy (non-hydrogen) atoms. The number of hydrogen-bond donors (Lipinski definition) is 1. The topological polar surface area (TPSA) is 67.9 Å². The van der Waals surface area contributed by atoms with E-state index in [4.69, 9.17) is 32.7 Å².